The molecular weight excluding hydrogens is 356 g/mol. The molecule has 8 heteroatoms. The fourth-order valence-electron chi connectivity index (χ4n) is 3.39. The van der Waals surface area contributed by atoms with Crippen molar-refractivity contribution < 1.29 is 9.32 Å². The third-order valence-electron chi connectivity index (χ3n) is 4.88. The zero-order valence-corrected chi connectivity index (χ0v) is 16.1. The molecule has 8 nitrogen and oxygen atoms in total. The van der Waals surface area contributed by atoms with Crippen LogP contribution in [0.2, 0.25) is 0 Å². The van der Waals surface area contributed by atoms with Crippen LogP contribution in [0.1, 0.15) is 47.2 Å². The molecule has 4 rings (SSSR count). The van der Waals surface area contributed by atoms with Crippen LogP contribution in [-0.4, -0.2) is 30.4 Å². The quantitative estimate of drug-likeness (QED) is 0.557. The van der Waals surface area contributed by atoms with E-state index in [0.717, 1.165) is 29.0 Å². The molecule has 0 saturated heterocycles. The van der Waals surface area contributed by atoms with E-state index < -0.39 is 0 Å². The van der Waals surface area contributed by atoms with E-state index in [1.807, 2.05) is 55.8 Å². The van der Waals surface area contributed by atoms with Crippen molar-refractivity contribution >= 4 is 16.9 Å². The number of benzene rings is 1. The smallest absolute Gasteiger partial charge is 0.274 e. The summed E-state index contributed by atoms with van der Waals surface area (Å²) in [6.45, 7) is 4.42. The summed E-state index contributed by atoms with van der Waals surface area (Å²) in [7, 11) is 1.86. The predicted octanol–water partition coefficient (Wildman–Crippen LogP) is 3.00. The van der Waals surface area contributed by atoms with Crippen molar-refractivity contribution in [3.8, 4) is 0 Å². The topological polar surface area (TPSA) is 90.8 Å². The summed E-state index contributed by atoms with van der Waals surface area (Å²) in [4.78, 5) is 17.2. The van der Waals surface area contributed by atoms with E-state index in [-0.39, 0.29) is 17.6 Å². The van der Waals surface area contributed by atoms with Gasteiger partial charge in [0.1, 0.15) is 5.82 Å². The largest absolute Gasteiger partial charge is 0.359 e. The number of hydrogen-bond acceptors (Lipinski definition) is 5. The Kier molecular flexibility index (Phi) is 4.68. The average molecular weight is 378 g/mol. The maximum atomic E-state index is 12.6. The van der Waals surface area contributed by atoms with Gasteiger partial charge in [-0.1, -0.05) is 24.2 Å². The first-order valence-electron chi connectivity index (χ1n) is 9.23. The Morgan fingerprint density at radius 3 is 2.86 bits per heavy atom. The second-order valence-electron chi connectivity index (χ2n) is 6.73. The molecule has 3 aromatic heterocycles. The molecule has 4 aromatic rings. The zero-order valence-electron chi connectivity index (χ0n) is 16.1. The van der Waals surface area contributed by atoms with Crippen molar-refractivity contribution in [1.29, 1.82) is 0 Å². The third-order valence-corrected chi connectivity index (χ3v) is 4.88. The number of carbonyl (C=O) groups is 1. The van der Waals surface area contributed by atoms with Crippen molar-refractivity contribution in [2.45, 2.75) is 32.9 Å². The Balaban J connectivity index is 1.51. The molecule has 0 aliphatic heterocycles. The van der Waals surface area contributed by atoms with Gasteiger partial charge >= 0.3 is 0 Å². The van der Waals surface area contributed by atoms with Crippen LogP contribution < -0.4 is 5.32 Å². The van der Waals surface area contributed by atoms with Gasteiger partial charge in [0.05, 0.1) is 29.3 Å². The minimum absolute atomic E-state index is 0.139. The highest BCUT2D eigenvalue weighted by Crippen LogP contribution is 2.19. The lowest BCUT2D eigenvalue weighted by Gasteiger charge is -2.16. The number of fused-ring (bicyclic) bond motifs is 1. The van der Waals surface area contributed by atoms with Gasteiger partial charge in [-0.15, -0.1) is 0 Å². The first-order valence-corrected chi connectivity index (χ1v) is 9.23. The van der Waals surface area contributed by atoms with E-state index in [1.165, 1.54) is 0 Å². The molecule has 0 spiro atoms. The number of imidazole rings is 1. The van der Waals surface area contributed by atoms with Gasteiger partial charge in [-0.2, -0.15) is 5.10 Å². The second-order valence-corrected chi connectivity index (χ2v) is 6.73. The summed E-state index contributed by atoms with van der Waals surface area (Å²) in [6, 6.07) is 11.4. The number of rotatable bonds is 6. The molecule has 1 atom stereocenters. The third kappa shape index (κ3) is 3.28. The lowest BCUT2D eigenvalue weighted by molar-refractivity contribution is 0.0924. The Morgan fingerprint density at radius 1 is 1.29 bits per heavy atom. The molecule has 1 unspecified atom stereocenters. The molecule has 3 heterocycles. The van der Waals surface area contributed by atoms with Gasteiger partial charge in [-0.3, -0.25) is 9.48 Å². The van der Waals surface area contributed by atoms with Gasteiger partial charge in [0.25, 0.3) is 5.91 Å². The molecule has 0 saturated carbocycles. The number of amides is 1. The number of nitrogens with one attached hydrogen (secondary N) is 1. The molecule has 0 bridgehead atoms. The first-order chi connectivity index (χ1) is 13.6. The van der Waals surface area contributed by atoms with Gasteiger partial charge in [0.2, 0.25) is 0 Å². The Hall–Kier alpha value is -3.42. The molecule has 28 heavy (non-hydrogen) atoms. The van der Waals surface area contributed by atoms with E-state index in [4.69, 9.17) is 4.52 Å². The van der Waals surface area contributed by atoms with Crippen LogP contribution in [0.15, 0.2) is 47.1 Å². The van der Waals surface area contributed by atoms with E-state index in [2.05, 4.69) is 20.6 Å². The normalized spacial score (nSPS) is 12.4. The summed E-state index contributed by atoms with van der Waals surface area (Å²) in [5.41, 5.74) is 3.15. The summed E-state index contributed by atoms with van der Waals surface area (Å²) >= 11 is 0. The summed E-state index contributed by atoms with van der Waals surface area (Å²) in [6.07, 6.45) is 2.46. The Labute approximate surface area is 162 Å². The van der Waals surface area contributed by atoms with E-state index >= 15 is 0 Å². The molecule has 144 valence electrons. The van der Waals surface area contributed by atoms with Crippen LogP contribution in [-0.2, 0) is 13.6 Å². The van der Waals surface area contributed by atoms with Gasteiger partial charge in [0.15, 0.2) is 11.5 Å². The molecule has 0 aliphatic carbocycles. The number of para-hydroxylation sites is 2. The van der Waals surface area contributed by atoms with Crippen molar-refractivity contribution in [3.05, 3.63) is 65.6 Å². The van der Waals surface area contributed by atoms with Crippen molar-refractivity contribution in [2.24, 2.45) is 7.05 Å². The highest BCUT2D eigenvalue weighted by Gasteiger charge is 2.20. The van der Waals surface area contributed by atoms with Crippen LogP contribution in [0.3, 0.4) is 0 Å². The highest BCUT2D eigenvalue weighted by molar-refractivity contribution is 5.92. The maximum Gasteiger partial charge on any atom is 0.274 e. The lowest BCUT2D eigenvalue weighted by atomic mass is 10.1. The highest BCUT2D eigenvalue weighted by atomic mass is 16.5. The van der Waals surface area contributed by atoms with Gasteiger partial charge in [0, 0.05) is 19.3 Å². The second kappa shape index (κ2) is 7.30. The van der Waals surface area contributed by atoms with Crippen molar-refractivity contribution in [2.75, 3.05) is 0 Å². The first kappa shape index (κ1) is 18.0. The van der Waals surface area contributed by atoms with Crippen molar-refractivity contribution in [1.82, 2.24) is 29.8 Å². The van der Waals surface area contributed by atoms with Crippen LogP contribution >= 0.6 is 0 Å². The monoisotopic (exact) mass is 378 g/mol. The zero-order chi connectivity index (χ0) is 19.7. The predicted molar refractivity (Wildman–Crippen MR) is 104 cm³/mol. The molecule has 1 amide bonds. The molecule has 0 radical (unpaired) electrons. The molecular formula is C20H22N6O2. The number of aromatic nitrogens is 5. The van der Waals surface area contributed by atoms with Crippen LogP contribution in [0.4, 0.5) is 0 Å². The Bertz CT molecular complexity index is 1120. The SMILES string of the molecule is CCC(NC(=O)c1cc(Cn2c(C)nc3ccccc32)on1)c1ccnn1C. The summed E-state index contributed by atoms with van der Waals surface area (Å²) < 4.78 is 9.22. The average Bonchev–Trinajstić information content (AvgIpc) is 3.40. The number of aryl methyl sites for hydroxylation is 2. The number of carbonyl (C=O) groups excluding carboxylic acids is 1. The fraction of sp³-hybridized carbons (Fsp3) is 0.300. The summed E-state index contributed by atoms with van der Waals surface area (Å²) in [5.74, 6) is 1.21. The maximum absolute atomic E-state index is 12.6. The minimum atomic E-state index is -0.268. The number of hydrogen-bond donors (Lipinski definition) is 1. The molecule has 1 aromatic carbocycles. The van der Waals surface area contributed by atoms with Gasteiger partial charge in [-0.25, -0.2) is 4.98 Å². The van der Waals surface area contributed by atoms with Gasteiger partial charge < -0.3 is 14.4 Å². The minimum Gasteiger partial charge on any atom is -0.359 e. The van der Waals surface area contributed by atoms with Crippen LogP contribution in [0.25, 0.3) is 11.0 Å². The van der Waals surface area contributed by atoms with Gasteiger partial charge in [-0.05, 0) is 31.5 Å². The number of nitrogens with zero attached hydrogens (tertiary/aromatic N) is 5. The van der Waals surface area contributed by atoms with Crippen LogP contribution in [0.5, 0.6) is 0 Å². The lowest BCUT2D eigenvalue weighted by Crippen LogP contribution is -2.29. The fourth-order valence-corrected chi connectivity index (χ4v) is 3.39. The molecule has 0 aliphatic rings. The van der Waals surface area contributed by atoms with E-state index in [9.17, 15) is 4.79 Å². The van der Waals surface area contributed by atoms with Crippen molar-refractivity contribution in [3.63, 3.8) is 0 Å². The van der Waals surface area contributed by atoms with E-state index in [0.29, 0.717) is 12.3 Å². The summed E-state index contributed by atoms with van der Waals surface area (Å²) in [5, 5.41) is 11.1. The van der Waals surface area contributed by atoms with Crippen LogP contribution in [0, 0.1) is 6.92 Å². The standard InChI is InChI=1S/C20H22N6O2/c1-4-15(18-9-10-21-25(18)3)23-20(27)17-11-14(28-24-17)12-26-13(2)22-16-7-5-6-8-19(16)26/h5-11,15H,4,12H2,1-3H3,(H,23,27). The Morgan fingerprint density at radius 2 is 2.11 bits per heavy atom. The molecule has 1 N–H and O–H groups in total. The molecule has 0 fully saturated rings. The van der Waals surface area contributed by atoms with E-state index in [1.54, 1.807) is 16.9 Å².